The van der Waals surface area contributed by atoms with Gasteiger partial charge in [0.15, 0.2) is 5.82 Å². The van der Waals surface area contributed by atoms with E-state index in [0.29, 0.717) is 5.69 Å². The minimum absolute atomic E-state index is 0.120. The van der Waals surface area contributed by atoms with E-state index in [4.69, 9.17) is 0 Å². The Kier molecular flexibility index (Phi) is 4.90. The Morgan fingerprint density at radius 2 is 2.22 bits per heavy atom. The summed E-state index contributed by atoms with van der Waals surface area (Å²) in [5, 5.41) is 12.5. The maximum absolute atomic E-state index is 13.3. The molecule has 1 saturated heterocycles. The lowest BCUT2D eigenvalue weighted by Crippen LogP contribution is -2.36. The van der Waals surface area contributed by atoms with E-state index in [1.807, 2.05) is 0 Å². The monoisotopic (exact) mass is 253 g/mol. The van der Waals surface area contributed by atoms with Gasteiger partial charge in [0, 0.05) is 25.8 Å². The summed E-state index contributed by atoms with van der Waals surface area (Å²) in [7, 11) is 0. The molecule has 1 fully saturated rings. The lowest BCUT2D eigenvalue weighted by Gasteiger charge is -2.29. The average molecular weight is 253 g/mol. The van der Waals surface area contributed by atoms with Crippen LogP contribution in [0.1, 0.15) is 19.3 Å². The van der Waals surface area contributed by atoms with Crippen molar-refractivity contribution in [3.8, 4) is 0 Å². The zero-order valence-corrected chi connectivity index (χ0v) is 10.5. The number of likely N-dealkylation sites (tertiary alicyclic amines) is 1. The molecule has 0 aliphatic carbocycles. The molecule has 5 heteroatoms. The van der Waals surface area contributed by atoms with Crippen molar-refractivity contribution in [3.05, 3.63) is 24.3 Å². The molecule has 1 aromatic rings. The summed E-state index contributed by atoms with van der Waals surface area (Å²) >= 11 is 0. The fourth-order valence-electron chi connectivity index (χ4n) is 2.19. The number of anilines is 1. The van der Waals surface area contributed by atoms with Crippen molar-refractivity contribution in [2.75, 3.05) is 31.5 Å². The number of nitrogens with one attached hydrogen (secondary N) is 1. The number of aromatic nitrogens is 1. The number of halogens is 1. The zero-order valence-electron chi connectivity index (χ0n) is 10.5. The highest BCUT2D eigenvalue weighted by Gasteiger charge is 2.15. The Bertz CT molecular complexity index is 367. The maximum Gasteiger partial charge on any atom is 0.164 e. The predicted molar refractivity (Wildman–Crippen MR) is 69.0 cm³/mol. The van der Waals surface area contributed by atoms with E-state index in [0.717, 1.165) is 45.4 Å². The van der Waals surface area contributed by atoms with Gasteiger partial charge in [-0.05, 0) is 31.9 Å². The molecule has 1 aromatic heterocycles. The van der Waals surface area contributed by atoms with Crippen molar-refractivity contribution in [3.63, 3.8) is 0 Å². The number of nitrogens with zero attached hydrogens (tertiary/aromatic N) is 2. The van der Waals surface area contributed by atoms with Crippen LogP contribution in [0.2, 0.25) is 0 Å². The van der Waals surface area contributed by atoms with Gasteiger partial charge in [0.2, 0.25) is 0 Å². The van der Waals surface area contributed by atoms with E-state index in [9.17, 15) is 9.50 Å². The van der Waals surface area contributed by atoms with Gasteiger partial charge in [-0.25, -0.2) is 4.39 Å². The highest BCUT2D eigenvalue weighted by Crippen LogP contribution is 2.12. The van der Waals surface area contributed by atoms with Crippen LogP contribution in [0.3, 0.4) is 0 Å². The second kappa shape index (κ2) is 6.66. The van der Waals surface area contributed by atoms with Crippen molar-refractivity contribution in [1.82, 2.24) is 9.88 Å². The molecule has 1 aliphatic heterocycles. The lowest BCUT2D eigenvalue weighted by molar-refractivity contribution is 0.0825. The normalized spacial score (nSPS) is 17.9. The Hall–Kier alpha value is -1.20. The zero-order chi connectivity index (χ0) is 12.8. The third kappa shape index (κ3) is 3.92. The highest BCUT2D eigenvalue weighted by atomic mass is 19.1. The molecule has 0 bridgehead atoms. The molecule has 0 spiro atoms. The number of pyridine rings is 1. The first-order valence-electron chi connectivity index (χ1n) is 6.49. The van der Waals surface area contributed by atoms with Crippen LogP contribution in [0.25, 0.3) is 0 Å². The molecule has 2 N–H and O–H groups in total. The molecule has 2 heterocycles. The first-order valence-corrected chi connectivity index (χ1v) is 6.49. The molecular weight excluding hydrogens is 233 g/mol. The molecule has 0 radical (unpaired) electrons. The Morgan fingerprint density at radius 1 is 1.44 bits per heavy atom. The predicted octanol–water partition coefficient (Wildman–Crippen LogP) is 1.48. The van der Waals surface area contributed by atoms with E-state index in [1.165, 1.54) is 6.20 Å². The minimum atomic E-state index is -0.307. The first kappa shape index (κ1) is 13.2. The fraction of sp³-hybridized carbons (Fsp3) is 0.615. The van der Waals surface area contributed by atoms with Gasteiger partial charge in [0.1, 0.15) is 0 Å². The van der Waals surface area contributed by atoms with Crippen LogP contribution in [-0.2, 0) is 0 Å². The second-order valence-electron chi connectivity index (χ2n) is 4.71. The number of rotatable bonds is 5. The topological polar surface area (TPSA) is 48.4 Å². The van der Waals surface area contributed by atoms with Crippen molar-refractivity contribution in [1.29, 1.82) is 0 Å². The molecule has 0 aromatic carbocycles. The van der Waals surface area contributed by atoms with Crippen molar-refractivity contribution < 1.29 is 9.50 Å². The number of piperidine rings is 1. The highest BCUT2D eigenvalue weighted by molar-refractivity contribution is 5.42. The third-order valence-electron chi connectivity index (χ3n) is 3.30. The summed E-state index contributed by atoms with van der Waals surface area (Å²) in [5.41, 5.74) is 0.513. The van der Waals surface area contributed by atoms with E-state index >= 15 is 0 Å². The van der Waals surface area contributed by atoms with Crippen LogP contribution >= 0.6 is 0 Å². The molecule has 18 heavy (non-hydrogen) atoms. The summed E-state index contributed by atoms with van der Waals surface area (Å²) < 4.78 is 13.3. The Balaban J connectivity index is 1.63. The minimum Gasteiger partial charge on any atom is -0.393 e. The summed E-state index contributed by atoms with van der Waals surface area (Å²) in [4.78, 5) is 6.05. The number of aliphatic hydroxyl groups excluding tert-OH is 1. The second-order valence-corrected chi connectivity index (χ2v) is 4.71. The summed E-state index contributed by atoms with van der Waals surface area (Å²) in [6.07, 6.45) is 5.38. The van der Waals surface area contributed by atoms with Crippen LogP contribution in [0.15, 0.2) is 18.5 Å². The third-order valence-corrected chi connectivity index (χ3v) is 3.30. The molecular formula is C13H20FN3O. The van der Waals surface area contributed by atoms with Crippen LogP contribution in [0, 0.1) is 5.82 Å². The molecule has 4 nitrogen and oxygen atoms in total. The lowest BCUT2D eigenvalue weighted by atomic mass is 10.1. The van der Waals surface area contributed by atoms with Gasteiger partial charge in [0.05, 0.1) is 18.0 Å². The largest absolute Gasteiger partial charge is 0.393 e. The van der Waals surface area contributed by atoms with Gasteiger partial charge in [-0.15, -0.1) is 0 Å². The first-order chi connectivity index (χ1) is 8.75. The van der Waals surface area contributed by atoms with Crippen LogP contribution in [0.5, 0.6) is 0 Å². The molecule has 100 valence electrons. The molecule has 0 atom stereocenters. The van der Waals surface area contributed by atoms with Gasteiger partial charge in [0.25, 0.3) is 0 Å². The number of hydrogen-bond acceptors (Lipinski definition) is 4. The van der Waals surface area contributed by atoms with Crippen molar-refractivity contribution in [2.24, 2.45) is 0 Å². The van der Waals surface area contributed by atoms with E-state index in [2.05, 4.69) is 15.2 Å². The summed E-state index contributed by atoms with van der Waals surface area (Å²) in [6.45, 7) is 3.67. The standard InChI is InChI=1S/C13H20FN3O/c14-12-10-15-6-2-13(12)16-5-1-7-17-8-3-11(18)4-9-17/h2,6,10-11,18H,1,3-5,7-9H2,(H,15,16). The smallest absolute Gasteiger partial charge is 0.164 e. The van der Waals surface area contributed by atoms with Crippen molar-refractivity contribution in [2.45, 2.75) is 25.4 Å². The summed E-state index contributed by atoms with van der Waals surface area (Å²) in [5.74, 6) is -0.307. The maximum atomic E-state index is 13.3. The van der Waals surface area contributed by atoms with Gasteiger partial charge in [-0.3, -0.25) is 4.98 Å². The summed E-state index contributed by atoms with van der Waals surface area (Å²) in [6, 6.07) is 1.65. The van der Waals surface area contributed by atoms with E-state index < -0.39 is 0 Å². The Morgan fingerprint density at radius 3 is 2.94 bits per heavy atom. The SMILES string of the molecule is OC1CCN(CCCNc2ccncc2F)CC1. The van der Waals surface area contributed by atoms with Gasteiger partial charge < -0.3 is 15.3 Å². The van der Waals surface area contributed by atoms with Crippen LogP contribution in [-0.4, -0.2) is 47.3 Å². The number of hydrogen-bond donors (Lipinski definition) is 2. The van der Waals surface area contributed by atoms with Crippen LogP contribution < -0.4 is 5.32 Å². The molecule has 1 aliphatic rings. The number of aliphatic hydroxyl groups is 1. The molecule has 0 amide bonds. The fourth-order valence-corrected chi connectivity index (χ4v) is 2.19. The van der Waals surface area contributed by atoms with Gasteiger partial charge in [-0.2, -0.15) is 0 Å². The van der Waals surface area contributed by atoms with E-state index in [1.54, 1.807) is 12.3 Å². The van der Waals surface area contributed by atoms with Crippen molar-refractivity contribution >= 4 is 5.69 Å². The Labute approximate surface area is 107 Å². The van der Waals surface area contributed by atoms with Gasteiger partial charge in [-0.1, -0.05) is 0 Å². The molecule has 0 unspecified atom stereocenters. The van der Waals surface area contributed by atoms with E-state index in [-0.39, 0.29) is 11.9 Å². The molecule has 0 saturated carbocycles. The van der Waals surface area contributed by atoms with Gasteiger partial charge >= 0.3 is 0 Å². The molecule has 2 rings (SSSR count). The quantitative estimate of drug-likeness (QED) is 0.780. The average Bonchev–Trinajstić information content (AvgIpc) is 2.39. The van der Waals surface area contributed by atoms with Crippen LogP contribution in [0.4, 0.5) is 10.1 Å².